The van der Waals surface area contributed by atoms with Crippen molar-refractivity contribution in [2.24, 2.45) is 0 Å². The zero-order chi connectivity index (χ0) is 26.2. The highest BCUT2D eigenvalue weighted by atomic mass is 16.6. The number of benzene rings is 1. The van der Waals surface area contributed by atoms with Crippen molar-refractivity contribution in [3.63, 3.8) is 0 Å². The van der Waals surface area contributed by atoms with E-state index < -0.39 is 11.7 Å². The van der Waals surface area contributed by atoms with Crippen LogP contribution in [0.15, 0.2) is 41.5 Å². The van der Waals surface area contributed by atoms with E-state index in [9.17, 15) is 9.59 Å². The van der Waals surface area contributed by atoms with Gasteiger partial charge < -0.3 is 25.7 Å². The minimum absolute atomic E-state index is 0.0384. The van der Waals surface area contributed by atoms with E-state index in [1.807, 2.05) is 58.2 Å². The Kier molecular flexibility index (Phi) is 6.49. The maximum Gasteiger partial charge on any atom is 0.407 e. The number of carbonyl (C=O) groups is 1. The quantitative estimate of drug-likeness (QED) is 0.255. The first-order chi connectivity index (χ1) is 17.7. The van der Waals surface area contributed by atoms with Crippen molar-refractivity contribution in [3.05, 3.63) is 52.6 Å². The highest BCUT2D eigenvalue weighted by molar-refractivity contribution is 5.99. The molecule has 0 saturated heterocycles. The third kappa shape index (κ3) is 5.37. The molecule has 1 aliphatic rings. The average Bonchev–Trinajstić information content (AvgIpc) is 3.21. The van der Waals surface area contributed by atoms with Gasteiger partial charge >= 0.3 is 6.09 Å². The van der Waals surface area contributed by atoms with Crippen molar-refractivity contribution in [2.45, 2.75) is 71.1 Å². The standard InChI is InChI=1S/C27H33N7O3/c1-15-13-28-23-17(15)8-7-11-20(23)31-24-22-16(14-29-34-25(22)35)12-21(33-24)30-18-9-5-6-10-19(18)32-26(36)37-27(2,3)4/h7-8,11-14,18-19,28H,5-6,9-10H2,1-4H3,(H,32,36)(H,34,35)(H2,30,31,33)/t18?,19-/m0/s1. The Morgan fingerprint density at radius 3 is 2.73 bits per heavy atom. The molecule has 0 bridgehead atoms. The Morgan fingerprint density at radius 1 is 1.16 bits per heavy atom. The Hall–Kier alpha value is -4.08. The summed E-state index contributed by atoms with van der Waals surface area (Å²) in [6.07, 6.45) is 6.92. The minimum atomic E-state index is -0.567. The normalized spacial score (nSPS) is 18.1. The van der Waals surface area contributed by atoms with Crippen molar-refractivity contribution < 1.29 is 9.53 Å². The predicted molar refractivity (Wildman–Crippen MR) is 146 cm³/mol. The molecule has 1 aliphatic carbocycles. The molecule has 10 heteroatoms. The monoisotopic (exact) mass is 503 g/mol. The second-order valence-electron chi connectivity index (χ2n) is 10.6. The first kappa shape index (κ1) is 24.6. The highest BCUT2D eigenvalue weighted by Crippen LogP contribution is 2.31. The summed E-state index contributed by atoms with van der Waals surface area (Å²) in [5.74, 6) is 1.02. The average molecular weight is 504 g/mol. The molecular formula is C27H33N7O3. The van der Waals surface area contributed by atoms with Gasteiger partial charge in [0.25, 0.3) is 5.56 Å². The van der Waals surface area contributed by atoms with Gasteiger partial charge in [0, 0.05) is 23.0 Å². The van der Waals surface area contributed by atoms with Crippen molar-refractivity contribution >= 4 is 45.1 Å². The number of H-pyrrole nitrogens is 2. The highest BCUT2D eigenvalue weighted by Gasteiger charge is 2.29. The van der Waals surface area contributed by atoms with E-state index in [0.717, 1.165) is 47.8 Å². The molecule has 37 heavy (non-hydrogen) atoms. The zero-order valence-corrected chi connectivity index (χ0v) is 21.6. The molecule has 5 rings (SSSR count). The van der Waals surface area contributed by atoms with E-state index in [0.29, 0.717) is 22.4 Å². The maximum absolute atomic E-state index is 12.8. The number of carbonyl (C=O) groups excluding carboxylic acids is 1. The third-order valence-corrected chi connectivity index (χ3v) is 6.62. The number of anilines is 3. The fourth-order valence-corrected chi connectivity index (χ4v) is 4.94. The number of para-hydroxylation sites is 1. The van der Waals surface area contributed by atoms with E-state index >= 15 is 0 Å². The first-order valence-corrected chi connectivity index (χ1v) is 12.7. The van der Waals surface area contributed by atoms with Gasteiger partial charge in [0.05, 0.1) is 28.8 Å². The first-order valence-electron chi connectivity index (χ1n) is 12.7. The fourth-order valence-electron chi connectivity index (χ4n) is 4.94. The summed E-state index contributed by atoms with van der Waals surface area (Å²) in [5.41, 5.74) is 2.00. The Labute approximate surface area is 214 Å². The fraction of sp³-hybridized carbons (Fsp3) is 0.407. The summed E-state index contributed by atoms with van der Waals surface area (Å²) in [4.78, 5) is 33.3. The van der Waals surface area contributed by atoms with Crippen LogP contribution >= 0.6 is 0 Å². The molecule has 1 saturated carbocycles. The summed E-state index contributed by atoms with van der Waals surface area (Å²) >= 11 is 0. The summed E-state index contributed by atoms with van der Waals surface area (Å²) in [5, 5.41) is 18.6. The van der Waals surface area contributed by atoms with E-state index in [1.54, 1.807) is 6.20 Å². The number of aromatic amines is 2. The van der Waals surface area contributed by atoms with Gasteiger partial charge in [-0.2, -0.15) is 5.10 Å². The molecular weight excluding hydrogens is 470 g/mol. The van der Waals surface area contributed by atoms with Crippen molar-refractivity contribution in [3.8, 4) is 0 Å². The molecule has 3 heterocycles. The maximum atomic E-state index is 12.8. The molecule has 5 N–H and O–H groups in total. The van der Waals surface area contributed by atoms with Crippen LogP contribution in [0, 0.1) is 6.92 Å². The second-order valence-corrected chi connectivity index (χ2v) is 10.6. The lowest BCUT2D eigenvalue weighted by molar-refractivity contribution is 0.0488. The Balaban J connectivity index is 1.47. The van der Waals surface area contributed by atoms with Crippen LogP contribution in [0.5, 0.6) is 0 Å². The second kappa shape index (κ2) is 9.76. The minimum Gasteiger partial charge on any atom is -0.444 e. The summed E-state index contributed by atoms with van der Waals surface area (Å²) in [6, 6.07) is 7.64. The van der Waals surface area contributed by atoms with Gasteiger partial charge in [0.2, 0.25) is 0 Å². The smallest absolute Gasteiger partial charge is 0.407 e. The number of aryl methyl sites for hydroxylation is 1. The number of fused-ring (bicyclic) bond motifs is 2. The molecule has 194 valence electrons. The zero-order valence-electron chi connectivity index (χ0n) is 21.6. The van der Waals surface area contributed by atoms with Crippen LogP contribution in [-0.4, -0.2) is 43.9 Å². The summed E-state index contributed by atoms with van der Waals surface area (Å²) in [6.45, 7) is 7.59. The van der Waals surface area contributed by atoms with Crippen molar-refractivity contribution in [1.82, 2.24) is 25.5 Å². The lowest BCUT2D eigenvalue weighted by Crippen LogP contribution is -2.49. The van der Waals surface area contributed by atoms with Gasteiger partial charge in [-0.05, 0) is 58.2 Å². The van der Waals surface area contributed by atoms with E-state index in [4.69, 9.17) is 9.72 Å². The number of rotatable bonds is 5. The molecule has 0 radical (unpaired) electrons. The number of nitrogens with zero attached hydrogens (tertiary/aromatic N) is 2. The number of aromatic nitrogens is 4. The molecule has 1 aromatic carbocycles. The lowest BCUT2D eigenvalue weighted by Gasteiger charge is -2.33. The number of hydrogen-bond donors (Lipinski definition) is 5. The number of alkyl carbamates (subject to hydrolysis) is 1. The van der Waals surface area contributed by atoms with Gasteiger partial charge in [-0.15, -0.1) is 0 Å². The van der Waals surface area contributed by atoms with E-state index in [1.165, 1.54) is 0 Å². The van der Waals surface area contributed by atoms with Crippen molar-refractivity contribution in [1.29, 1.82) is 0 Å². The molecule has 10 nitrogen and oxygen atoms in total. The number of pyridine rings is 1. The van der Waals surface area contributed by atoms with Crippen LogP contribution in [0.25, 0.3) is 21.7 Å². The molecule has 2 atom stereocenters. The van der Waals surface area contributed by atoms with E-state index in [-0.39, 0.29) is 17.6 Å². The largest absolute Gasteiger partial charge is 0.444 e. The van der Waals surface area contributed by atoms with Crippen LogP contribution in [0.2, 0.25) is 0 Å². The molecule has 4 aromatic rings. The third-order valence-electron chi connectivity index (χ3n) is 6.62. The molecule has 1 fully saturated rings. The topological polar surface area (TPSA) is 137 Å². The molecule has 3 aromatic heterocycles. The Morgan fingerprint density at radius 2 is 1.95 bits per heavy atom. The summed E-state index contributed by atoms with van der Waals surface area (Å²) in [7, 11) is 0. The van der Waals surface area contributed by atoms with Gasteiger partial charge in [-0.1, -0.05) is 25.0 Å². The number of amides is 1. The van der Waals surface area contributed by atoms with Crippen LogP contribution in [0.4, 0.5) is 22.1 Å². The molecule has 1 amide bonds. The van der Waals surface area contributed by atoms with E-state index in [2.05, 4.69) is 31.1 Å². The van der Waals surface area contributed by atoms with Gasteiger partial charge in [-0.3, -0.25) is 4.79 Å². The predicted octanol–water partition coefficient (Wildman–Crippen LogP) is 5.10. The number of hydrogen-bond acceptors (Lipinski definition) is 7. The molecule has 0 aliphatic heterocycles. The van der Waals surface area contributed by atoms with Crippen molar-refractivity contribution in [2.75, 3.05) is 10.6 Å². The SMILES string of the molecule is Cc1c[nH]c2c(Nc3nc(NC4CCCC[C@@H]4NC(=O)OC(C)(C)C)cc4cn[nH]c(=O)c34)cccc12. The van der Waals surface area contributed by atoms with Crippen LogP contribution in [-0.2, 0) is 4.74 Å². The van der Waals surface area contributed by atoms with Gasteiger partial charge in [-0.25, -0.2) is 14.9 Å². The molecule has 1 unspecified atom stereocenters. The lowest BCUT2D eigenvalue weighted by atomic mass is 9.90. The summed E-state index contributed by atoms with van der Waals surface area (Å²) < 4.78 is 5.48. The van der Waals surface area contributed by atoms with Crippen LogP contribution in [0.3, 0.4) is 0 Å². The Bertz CT molecular complexity index is 1500. The number of ether oxygens (including phenoxy) is 1. The van der Waals surface area contributed by atoms with Crippen LogP contribution in [0.1, 0.15) is 52.0 Å². The molecule has 0 spiro atoms. The van der Waals surface area contributed by atoms with Gasteiger partial charge in [0.15, 0.2) is 0 Å². The van der Waals surface area contributed by atoms with Crippen LogP contribution < -0.4 is 21.5 Å². The van der Waals surface area contributed by atoms with Gasteiger partial charge in [0.1, 0.15) is 17.2 Å². The number of nitrogens with one attached hydrogen (secondary N) is 5.